The molecule has 0 aliphatic carbocycles. The van der Waals surface area contributed by atoms with E-state index < -0.39 is 12.0 Å². The number of rotatable bonds is 4. The minimum atomic E-state index is -0.758. The number of carbonyl (C=O) groups is 1. The molecule has 1 unspecified atom stereocenters. The molecule has 1 fully saturated rings. The Morgan fingerprint density at radius 2 is 2.04 bits per heavy atom. The van der Waals surface area contributed by atoms with Crippen LogP contribution >= 0.6 is 22.7 Å². The SMILES string of the molecule is O=C(O)C(c1ccsc1)N1CCC(c2nc3ccccc3s2)CC1. The summed E-state index contributed by atoms with van der Waals surface area (Å²) >= 11 is 3.32. The molecule has 1 saturated heterocycles. The van der Waals surface area contributed by atoms with Crippen LogP contribution in [0.15, 0.2) is 41.1 Å². The van der Waals surface area contributed by atoms with E-state index in [0.29, 0.717) is 5.92 Å². The monoisotopic (exact) mass is 358 g/mol. The summed E-state index contributed by atoms with van der Waals surface area (Å²) in [6.07, 6.45) is 1.93. The van der Waals surface area contributed by atoms with E-state index >= 15 is 0 Å². The van der Waals surface area contributed by atoms with E-state index in [9.17, 15) is 9.90 Å². The Labute approximate surface area is 148 Å². The van der Waals surface area contributed by atoms with Crippen LogP contribution < -0.4 is 0 Å². The third kappa shape index (κ3) is 2.97. The van der Waals surface area contributed by atoms with E-state index in [-0.39, 0.29) is 0 Å². The first kappa shape index (κ1) is 15.7. The van der Waals surface area contributed by atoms with Crippen LogP contribution in [0.3, 0.4) is 0 Å². The zero-order valence-electron chi connectivity index (χ0n) is 13.1. The Bertz CT molecular complexity index is 803. The molecule has 1 N–H and O–H groups in total. The lowest BCUT2D eigenvalue weighted by Gasteiger charge is -2.34. The lowest BCUT2D eigenvalue weighted by atomic mass is 9.95. The van der Waals surface area contributed by atoms with Gasteiger partial charge in [0.15, 0.2) is 0 Å². The maximum atomic E-state index is 11.7. The molecule has 0 bridgehead atoms. The highest BCUT2D eigenvalue weighted by Gasteiger charge is 2.32. The van der Waals surface area contributed by atoms with E-state index in [1.54, 1.807) is 22.7 Å². The summed E-state index contributed by atoms with van der Waals surface area (Å²) in [5.74, 6) is -0.317. The molecule has 4 nitrogen and oxygen atoms in total. The molecule has 24 heavy (non-hydrogen) atoms. The number of likely N-dealkylation sites (tertiary alicyclic amines) is 1. The smallest absolute Gasteiger partial charge is 0.325 e. The number of aliphatic carboxylic acids is 1. The normalized spacial score (nSPS) is 18.0. The van der Waals surface area contributed by atoms with Gasteiger partial charge in [-0.1, -0.05) is 12.1 Å². The second-order valence-electron chi connectivity index (χ2n) is 6.13. The third-order valence-electron chi connectivity index (χ3n) is 4.65. The van der Waals surface area contributed by atoms with Gasteiger partial charge < -0.3 is 5.11 Å². The average molecular weight is 358 g/mol. The molecule has 1 aliphatic rings. The predicted molar refractivity (Wildman–Crippen MR) is 97.9 cm³/mol. The molecular formula is C18H18N2O2S2. The van der Waals surface area contributed by atoms with Gasteiger partial charge in [0.1, 0.15) is 6.04 Å². The van der Waals surface area contributed by atoms with Gasteiger partial charge in [0.2, 0.25) is 0 Å². The van der Waals surface area contributed by atoms with Crippen molar-refractivity contribution in [2.45, 2.75) is 24.8 Å². The summed E-state index contributed by atoms with van der Waals surface area (Å²) in [6, 6.07) is 9.64. The highest BCUT2D eigenvalue weighted by molar-refractivity contribution is 7.18. The summed E-state index contributed by atoms with van der Waals surface area (Å²) in [7, 11) is 0. The van der Waals surface area contributed by atoms with Crippen molar-refractivity contribution < 1.29 is 9.90 Å². The second-order valence-corrected chi connectivity index (χ2v) is 7.97. The number of carboxylic acid groups (broad SMARTS) is 1. The van der Waals surface area contributed by atoms with Crippen molar-refractivity contribution in [1.82, 2.24) is 9.88 Å². The van der Waals surface area contributed by atoms with E-state index in [1.807, 2.05) is 29.0 Å². The summed E-state index contributed by atoms with van der Waals surface area (Å²) in [6.45, 7) is 1.60. The maximum Gasteiger partial charge on any atom is 0.325 e. The van der Waals surface area contributed by atoms with Gasteiger partial charge in [-0.2, -0.15) is 11.3 Å². The van der Waals surface area contributed by atoms with Gasteiger partial charge in [-0.25, -0.2) is 4.98 Å². The molecule has 0 radical (unpaired) electrons. The number of hydrogen-bond donors (Lipinski definition) is 1. The first-order valence-electron chi connectivity index (χ1n) is 8.07. The number of piperidine rings is 1. The van der Waals surface area contributed by atoms with Gasteiger partial charge in [-0.3, -0.25) is 9.69 Å². The van der Waals surface area contributed by atoms with Crippen LogP contribution in [0.5, 0.6) is 0 Å². The number of thiazole rings is 1. The van der Waals surface area contributed by atoms with Gasteiger partial charge >= 0.3 is 5.97 Å². The molecule has 124 valence electrons. The van der Waals surface area contributed by atoms with Crippen LogP contribution in [-0.4, -0.2) is 34.0 Å². The van der Waals surface area contributed by atoms with Gasteiger partial charge in [0.25, 0.3) is 0 Å². The lowest BCUT2D eigenvalue weighted by Crippen LogP contribution is -2.39. The predicted octanol–water partition coefficient (Wildman–Crippen LogP) is 4.36. The summed E-state index contributed by atoms with van der Waals surface area (Å²) < 4.78 is 1.23. The zero-order chi connectivity index (χ0) is 16.5. The van der Waals surface area contributed by atoms with Crippen LogP contribution in [0.1, 0.15) is 35.4 Å². The number of fused-ring (bicyclic) bond motifs is 1. The Balaban J connectivity index is 1.49. The summed E-state index contributed by atoms with van der Waals surface area (Å²) in [4.78, 5) is 18.6. The van der Waals surface area contributed by atoms with E-state index in [1.165, 1.54) is 9.71 Å². The number of para-hydroxylation sites is 1. The second kappa shape index (κ2) is 6.63. The molecule has 2 aromatic heterocycles. The number of aromatic nitrogens is 1. The summed E-state index contributed by atoms with van der Waals surface area (Å²) in [5.41, 5.74) is 1.97. The number of thiophene rings is 1. The van der Waals surface area contributed by atoms with Crippen molar-refractivity contribution in [3.05, 3.63) is 51.7 Å². The van der Waals surface area contributed by atoms with Crippen LogP contribution in [0.25, 0.3) is 10.2 Å². The Hall–Kier alpha value is -1.76. The van der Waals surface area contributed by atoms with Crippen LogP contribution in [0.4, 0.5) is 0 Å². The largest absolute Gasteiger partial charge is 0.480 e. The minimum absolute atomic E-state index is 0.440. The van der Waals surface area contributed by atoms with Crippen molar-refractivity contribution in [1.29, 1.82) is 0 Å². The number of nitrogens with zero attached hydrogens (tertiary/aromatic N) is 2. The van der Waals surface area contributed by atoms with E-state index in [0.717, 1.165) is 37.0 Å². The van der Waals surface area contributed by atoms with Gasteiger partial charge in [-0.15, -0.1) is 11.3 Å². The fourth-order valence-electron chi connectivity index (χ4n) is 3.41. The molecule has 1 aliphatic heterocycles. The molecule has 0 saturated carbocycles. The first-order chi connectivity index (χ1) is 11.7. The summed E-state index contributed by atoms with van der Waals surface area (Å²) in [5, 5.41) is 14.7. The topological polar surface area (TPSA) is 53.4 Å². The molecule has 1 atom stereocenters. The minimum Gasteiger partial charge on any atom is -0.480 e. The molecule has 3 aromatic rings. The molecule has 4 rings (SSSR count). The first-order valence-corrected chi connectivity index (χ1v) is 9.83. The molecule has 0 spiro atoms. The molecule has 1 aromatic carbocycles. The average Bonchev–Trinajstić information content (AvgIpc) is 3.24. The quantitative estimate of drug-likeness (QED) is 0.753. The number of hydrogen-bond acceptors (Lipinski definition) is 5. The van der Waals surface area contributed by atoms with Crippen molar-refractivity contribution in [2.24, 2.45) is 0 Å². The van der Waals surface area contributed by atoms with Crippen molar-refractivity contribution in [3.63, 3.8) is 0 Å². The van der Waals surface area contributed by atoms with Crippen LogP contribution in [0.2, 0.25) is 0 Å². The molecule has 0 amide bonds. The Morgan fingerprint density at radius 1 is 1.25 bits per heavy atom. The molecule has 3 heterocycles. The highest BCUT2D eigenvalue weighted by Crippen LogP contribution is 2.36. The van der Waals surface area contributed by atoms with Crippen molar-refractivity contribution >= 4 is 38.9 Å². The Morgan fingerprint density at radius 3 is 2.71 bits per heavy atom. The number of carboxylic acids is 1. The van der Waals surface area contributed by atoms with Crippen LogP contribution in [0, 0.1) is 0 Å². The Kier molecular flexibility index (Phi) is 4.35. The maximum absolute atomic E-state index is 11.7. The molecule has 6 heteroatoms. The standard InChI is InChI=1S/C18H18N2O2S2/c21-18(22)16(13-7-10-23-11-13)20-8-5-12(6-9-20)17-19-14-3-1-2-4-15(14)24-17/h1-4,7,10-12,16H,5-6,8-9H2,(H,21,22). The fraction of sp³-hybridized carbons (Fsp3) is 0.333. The fourth-order valence-corrected chi connectivity index (χ4v) is 5.22. The lowest BCUT2D eigenvalue weighted by molar-refractivity contribution is -0.144. The van der Waals surface area contributed by atoms with Crippen molar-refractivity contribution in [3.8, 4) is 0 Å². The van der Waals surface area contributed by atoms with Crippen molar-refractivity contribution in [2.75, 3.05) is 13.1 Å². The van der Waals surface area contributed by atoms with E-state index in [4.69, 9.17) is 4.98 Å². The molecular weight excluding hydrogens is 340 g/mol. The third-order valence-corrected chi connectivity index (χ3v) is 6.55. The van der Waals surface area contributed by atoms with Gasteiger partial charge in [0, 0.05) is 5.92 Å². The highest BCUT2D eigenvalue weighted by atomic mass is 32.1. The zero-order valence-corrected chi connectivity index (χ0v) is 14.7. The van der Waals surface area contributed by atoms with E-state index in [2.05, 4.69) is 17.0 Å². The van der Waals surface area contributed by atoms with Gasteiger partial charge in [0.05, 0.1) is 15.2 Å². The number of benzene rings is 1. The van der Waals surface area contributed by atoms with Crippen LogP contribution in [-0.2, 0) is 4.79 Å². The van der Waals surface area contributed by atoms with Gasteiger partial charge in [-0.05, 0) is 60.5 Å².